The number of H-pyrrole nitrogens is 2. The van der Waals surface area contributed by atoms with Crippen molar-refractivity contribution in [2.45, 2.75) is 18.9 Å². The first-order chi connectivity index (χ1) is 19.3. The Kier molecular flexibility index (Phi) is 5.97. The van der Waals surface area contributed by atoms with Crippen molar-refractivity contribution in [2.24, 2.45) is 0 Å². The first-order valence-corrected chi connectivity index (χ1v) is 13.3. The number of aromatic nitrogens is 6. The largest absolute Gasteiger partial charge is 0.352 e. The molecule has 12 heteroatoms. The van der Waals surface area contributed by atoms with E-state index in [0.717, 1.165) is 48.6 Å². The van der Waals surface area contributed by atoms with Gasteiger partial charge in [0.1, 0.15) is 17.0 Å². The third-order valence-electron chi connectivity index (χ3n) is 7.82. The lowest BCUT2D eigenvalue weighted by Crippen LogP contribution is -2.44. The van der Waals surface area contributed by atoms with Crippen LogP contribution in [0.4, 0.5) is 19.0 Å². The normalized spacial score (nSPS) is 18.4. The van der Waals surface area contributed by atoms with Gasteiger partial charge in [0, 0.05) is 86.9 Å². The zero-order valence-corrected chi connectivity index (χ0v) is 22.0. The first-order valence-electron chi connectivity index (χ1n) is 13.3. The van der Waals surface area contributed by atoms with E-state index in [1.54, 1.807) is 29.6 Å². The molecule has 0 unspecified atom stereocenters. The van der Waals surface area contributed by atoms with Gasteiger partial charge < -0.3 is 14.8 Å². The number of pyridine rings is 2. The zero-order chi connectivity index (χ0) is 27.4. The Labute approximate surface area is 228 Å². The van der Waals surface area contributed by atoms with Gasteiger partial charge in [-0.1, -0.05) is 0 Å². The minimum Gasteiger partial charge on any atom is -0.352 e. The Morgan fingerprint density at radius 3 is 2.67 bits per heavy atom. The maximum absolute atomic E-state index is 15.3. The van der Waals surface area contributed by atoms with Crippen LogP contribution in [0.5, 0.6) is 0 Å². The number of hydrogen-bond acceptors (Lipinski definition) is 7. The smallest absolute Gasteiger partial charge is 0.261 e. The number of nitrogens with one attached hydrogen (secondary N) is 2. The summed E-state index contributed by atoms with van der Waals surface area (Å²) >= 11 is 0. The molecule has 4 aromatic heterocycles. The first kappa shape index (κ1) is 25.0. The van der Waals surface area contributed by atoms with Crippen LogP contribution in [0.1, 0.15) is 12.0 Å². The average molecular weight is 548 g/mol. The molecule has 7 rings (SSSR count). The van der Waals surface area contributed by atoms with Crippen LogP contribution < -0.4 is 4.90 Å². The predicted octanol–water partition coefficient (Wildman–Crippen LogP) is 4.30. The molecule has 2 N–H and O–H groups in total. The number of likely N-dealkylation sites (N-methyl/N-ethyl adjacent to an activating group) is 1. The van der Waals surface area contributed by atoms with Crippen LogP contribution in [-0.2, 0) is 6.54 Å². The van der Waals surface area contributed by atoms with Gasteiger partial charge in [0.05, 0.1) is 17.6 Å². The van der Waals surface area contributed by atoms with Gasteiger partial charge in [-0.3, -0.25) is 15.0 Å². The Morgan fingerprint density at radius 1 is 1.02 bits per heavy atom. The molecule has 2 aliphatic heterocycles. The number of fused-ring (bicyclic) bond motifs is 2. The molecule has 2 saturated heterocycles. The van der Waals surface area contributed by atoms with E-state index in [9.17, 15) is 8.78 Å². The van der Waals surface area contributed by atoms with Crippen LogP contribution in [-0.4, -0.2) is 92.2 Å². The van der Waals surface area contributed by atoms with Gasteiger partial charge >= 0.3 is 0 Å². The monoisotopic (exact) mass is 547 g/mol. The van der Waals surface area contributed by atoms with Gasteiger partial charge in [-0.05, 0) is 30.8 Å². The molecule has 9 nitrogen and oxygen atoms in total. The fraction of sp³-hybridized carbons (Fsp3) is 0.357. The molecule has 0 spiro atoms. The molecule has 0 amide bonds. The van der Waals surface area contributed by atoms with E-state index in [1.165, 1.54) is 6.07 Å². The summed E-state index contributed by atoms with van der Waals surface area (Å²) in [4.78, 5) is 23.4. The maximum Gasteiger partial charge on any atom is 0.261 e. The molecule has 0 radical (unpaired) electrons. The van der Waals surface area contributed by atoms with E-state index in [0.29, 0.717) is 46.6 Å². The Hall–Kier alpha value is -4.03. The van der Waals surface area contributed by atoms with E-state index in [4.69, 9.17) is 4.98 Å². The topological polar surface area (TPSA) is 92.9 Å². The van der Waals surface area contributed by atoms with Crippen molar-refractivity contribution < 1.29 is 13.2 Å². The number of aromatic amines is 2. The third kappa shape index (κ3) is 4.56. The van der Waals surface area contributed by atoms with Crippen LogP contribution in [0.3, 0.4) is 0 Å². The summed E-state index contributed by atoms with van der Waals surface area (Å²) in [7, 11) is 2.11. The fourth-order valence-corrected chi connectivity index (χ4v) is 5.64. The lowest BCUT2D eigenvalue weighted by Gasteiger charge is -2.33. The number of imidazole rings is 1. The molecule has 6 heterocycles. The van der Waals surface area contributed by atoms with Crippen LogP contribution in [0.15, 0.2) is 42.9 Å². The van der Waals surface area contributed by atoms with Gasteiger partial charge in [-0.15, -0.1) is 0 Å². The highest BCUT2D eigenvalue weighted by atomic mass is 19.3. The van der Waals surface area contributed by atoms with E-state index in [2.05, 4.69) is 42.0 Å². The summed E-state index contributed by atoms with van der Waals surface area (Å²) < 4.78 is 42.6. The standard InChI is InChI=1S/C28H28F3N9/c1-38-6-8-40(9-7-38)27-25-22(2-4-33-27)34-26(35-25)24-20-11-19(21(29)12-23(20)36-37-24)18-10-17(13-32-14-18)15-39-5-3-28(30,31)16-39/h2,4,10-14H,3,5-9,15-16H2,1H3,(H,34,35)(H,36,37). The third-order valence-corrected chi connectivity index (χ3v) is 7.82. The molecule has 5 aromatic rings. The molecule has 2 fully saturated rings. The second-order valence-electron chi connectivity index (χ2n) is 10.8. The summed E-state index contributed by atoms with van der Waals surface area (Å²) in [5, 5.41) is 8.10. The zero-order valence-electron chi connectivity index (χ0n) is 22.0. The second-order valence-corrected chi connectivity index (χ2v) is 10.8. The quantitative estimate of drug-likeness (QED) is 0.339. The molecular formula is C28H28F3N9. The Morgan fingerprint density at radius 2 is 1.88 bits per heavy atom. The molecule has 0 aliphatic carbocycles. The van der Waals surface area contributed by atoms with E-state index in [1.807, 2.05) is 12.1 Å². The summed E-state index contributed by atoms with van der Waals surface area (Å²) in [6.07, 6.45) is 4.85. The minimum atomic E-state index is -2.67. The number of halogens is 3. The van der Waals surface area contributed by atoms with Crippen molar-refractivity contribution in [2.75, 3.05) is 51.2 Å². The van der Waals surface area contributed by atoms with Crippen molar-refractivity contribution in [1.82, 2.24) is 39.9 Å². The van der Waals surface area contributed by atoms with Gasteiger partial charge in [-0.2, -0.15) is 5.10 Å². The molecule has 0 bridgehead atoms. The van der Waals surface area contributed by atoms with Crippen LogP contribution >= 0.6 is 0 Å². The highest BCUT2D eigenvalue weighted by molar-refractivity contribution is 5.97. The van der Waals surface area contributed by atoms with Crippen molar-refractivity contribution in [3.8, 4) is 22.6 Å². The van der Waals surface area contributed by atoms with Crippen molar-refractivity contribution in [3.63, 3.8) is 0 Å². The number of nitrogens with zero attached hydrogens (tertiary/aromatic N) is 7. The number of piperazine rings is 1. The highest BCUT2D eigenvalue weighted by Crippen LogP contribution is 2.34. The molecule has 40 heavy (non-hydrogen) atoms. The molecule has 2 aliphatic rings. The lowest BCUT2D eigenvalue weighted by atomic mass is 10.0. The Bertz CT molecular complexity index is 1700. The summed E-state index contributed by atoms with van der Waals surface area (Å²) in [5.41, 5.74) is 4.40. The molecule has 0 atom stereocenters. The number of rotatable bonds is 5. The predicted molar refractivity (Wildman–Crippen MR) is 147 cm³/mol. The van der Waals surface area contributed by atoms with Gasteiger partial charge in [0.15, 0.2) is 11.6 Å². The van der Waals surface area contributed by atoms with Crippen LogP contribution in [0, 0.1) is 5.82 Å². The molecule has 206 valence electrons. The molecule has 0 saturated carbocycles. The summed E-state index contributed by atoms with van der Waals surface area (Å²) in [6, 6.07) is 6.84. The number of anilines is 1. The fourth-order valence-electron chi connectivity index (χ4n) is 5.64. The van der Waals surface area contributed by atoms with E-state index in [-0.39, 0.29) is 13.0 Å². The lowest BCUT2D eigenvalue weighted by molar-refractivity contribution is 0.0115. The molecular weight excluding hydrogens is 519 g/mol. The Balaban J connectivity index is 1.23. The van der Waals surface area contributed by atoms with Gasteiger partial charge in [0.2, 0.25) is 0 Å². The second kappa shape index (κ2) is 9.56. The maximum atomic E-state index is 15.3. The van der Waals surface area contributed by atoms with Crippen LogP contribution in [0.25, 0.3) is 44.6 Å². The summed E-state index contributed by atoms with van der Waals surface area (Å²) in [5.74, 6) is -1.71. The number of likely N-dealkylation sites (tertiary alicyclic amines) is 1. The summed E-state index contributed by atoms with van der Waals surface area (Å²) in [6.45, 7) is 4.01. The van der Waals surface area contributed by atoms with Gasteiger partial charge in [-0.25, -0.2) is 23.1 Å². The number of alkyl halides is 2. The highest BCUT2D eigenvalue weighted by Gasteiger charge is 2.38. The number of hydrogen-bond donors (Lipinski definition) is 2. The van der Waals surface area contributed by atoms with Crippen molar-refractivity contribution in [1.29, 1.82) is 0 Å². The van der Waals surface area contributed by atoms with E-state index >= 15 is 4.39 Å². The van der Waals surface area contributed by atoms with E-state index < -0.39 is 11.7 Å². The van der Waals surface area contributed by atoms with Gasteiger partial charge in [0.25, 0.3) is 5.92 Å². The number of benzene rings is 1. The minimum absolute atomic E-state index is 0.149. The van der Waals surface area contributed by atoms with Crippen molar-refractivity contribution in [3.05, 3.63) is 54.2 Å². The SMILES string of the molecule is CN1CCN(c2nccc3[nH]c(-c4n[nH]c5cc(F)c(-c6cncc(CN7CCC(F)(F)C7)c6)cc45)nc23)CC1. The van der Waals surface area contributed by atoms with Crippen LogP contribution in [0.2, 0.25) is 0 Å². The average Bonchev–Trinajstić information content (AvgIpc) is 3.64. The van der Waals surface area contributed by atoms with Crippen molar-refractivity contribution >= 4 is 27.8 Å². The molecule has 1 aromatic carbocycles.